The Morgan fingerprint density at radius 1 is 1.47 bits per heavy atom. The van der Waals surface area contributed by atoms with Crippen LogP contribution in [0.5, 0.6) is 0 Å². The number of rotatable bonds is 3. The van der Waals surface area contributed by atoms with Crippen molar-refractivity contribution in [3.8, 4) is 0 Å². The Labute approximate surface area is 90.1 Å². The molecule has 2 aliphatic rings. The number of halogens is 1. The fraction of sp³-hybridized carbons (Fsp3) is 0.750. The number of hydrogen-bond acceptors (Lipinski definition) is 1. The molecule has 1 saturated heterocycles. The minimum absolute atomic E-state index is 0.136. The van der Waals surface area contributed by atoms with Gasteiger partial charge in [0.25, 0.3) is 0 Å². The monoisotopic (exact) mass is 211 g/mol. The standard InChI is InChI=1S/C12H18FNO/c13-9-11-6-3-7-14(11)12(15)8-10-4-1-2-5-10/h1,4,10-11H,2-3,5-9H2/t10-,11-/m1/s1. The van der Waals surface area contributed by atoms with Gasteiger partial charge in [-0.3, -0.25) is 4.79 Å². The predicted molar refractivity (Wildman–Crippen MR) is 57.2 cm³/mol. The molecule has 0 spiro atoms. The second-order valence-electron chi connectivity index (χ2n) is 4.51. The number of alkyl halides is 1. The second kappa shape index (κ2) is 4.77. The Morgan fingerprint density at radius 2 is 2.33 bits per heavy atom. The van der Waals surface area contributed by atoms with Gasteiger partial charge in [0.15, 0.2) is 0 Å². The van der Waals surface area contributed by atoms with Crippen molar-refractivity contribution in [3.05, 3.63) is 12.2 Å². The van der Waals surface area contributed by atoms with Crippen LogP contribution in [0.3, 0.4) is 0 Å². The first-order valence-electron chi connectivity index (χ1n) is 5.83. The van der Waals surface area contributed by atoms with Crippen LogP contribution in [-0.4, -0.2) is 30.1 Å². The molecule has 0 aromatic carbocycles. The minimum Gasteiger partial charge on any atom is -0.337 e. The van der Waals surface area contributed by atoms with Crippen LogP contribution >= 0.6 is 0 Å². The van der Waals surface area contributed by atoms with Gasteiger partial charge >= 0.3 is 0 Å². The van der Waals surface area contributed by atoms with E-state index in [9.17, 15) is 9.18 Å². The van der Waals surface area contributed by atoms with Gasteiger partial charge in [-0.25, -0.2) is 4.39 Å². The van der Waals surface area contributed by atoms with Gasteiger partial charge in [0.05, 0.1) is 6.04 Å². The zero-order chi connectivity index (χ0) is 10.7. The topological polar surface area (TPSA) is 20.3 Å². The molecule has 1 aliphatic heterocycles. The van der Waals surface area contributed by atoms with Crippen molar-refractivity contribution < 1.29 is 9.18 Å². The molecule has 84 valence electrons. The summed E-state index contributed by atoms with van der Waals surface area (Å²) >= 11 is 0. The number of likely N-dealkylation sites (tertiary alicyclic amines) is 1. The summed E-state index contributed by atoms with van der Waals surface area (Å²) in [6, 6.07) is -0.136. The zero-order valence-corrected chi connectivity index (χ0v) is 8.99. The van der Waals surface area contributed by atoms with Crippen molar-refractivity contribution in [2.45, 2.75) is 38.1 Å². The Bertz CT molecular complexity index is 264. The average molecular weight is 211 g/mol. The minimum atomic E-state index is -0.383. The van der Waals surface area contributed by atoms with Crippen LogP contribution < -0.4 is 0 Å². The first kappa shape index (κ1) is 10.7. The van der Waals surface area contributed by atoms with Gasteiger partial charge in [0, 0.05) is 13.0 Å². The van der Waals surface area contributed by atoms with Crippen LogP contribution in [-0.2, 0) is 4.79 Å². The first-order valence-corrected chi connectivity index (χ1v) is 5.83. The van der Waals surface area contributed by atoms with Crippen molar-refractivity contribution >= 4 is 5.91 Å². The molecule has 15 heavy (non-hydrogen) atoms. The Hall–Kier alpha value is -0.860. The van der Waals surface area contributed by atoms with Gasteiger partial charge in [-0.15, -0.1) is 0 Å². The predicted octanol–water partition coefficient (Wildman–Crippen LogP) is 2.30. The number of carbonyl (C=O) groups excluding carboxylic acids is 1. The number of carbonyl (C=O) groups is 1. The van der Waals surface area contributed by atoms with E-state index in [0.29, 0.717) is 12.3 Å². The van der Waals surface area contributed by atoms with E-state index in [1.165, 1.54) is 0 Å². The molecule has 0 radical (unpaired) electrons. The Morgan fingerprint density at radius 3 is 3.00 bits per heavy atom. The average Bonchev–Trinajstić information content (AvgIpc) is 2.86. The highest BCUT2D eigenvalue weighted by Gasteiger charge is 2.29. The molecular formula is C12H18FNO. The summed E-state index contributed by atoms with van der Waals surface area (Å²) in [5.74, 6) is 0.546. The van der Waals surface area contributed by atoms with Crippen molar-refractivity contribution in [1.82, 2.24) is 4.90 Å². The lowest BCUT2D eigenvalue weighted by molar-refractivity contribution is -0.133. The van der Waals surface area contributed by atoms with Crippen molar-refractivity contribution in [1.29, 1.82) is 0 Å². The van der Waals surface area contributed by atoms with Crippen LogP contribution in [0.25, 0.3) is 0 Å². The van der Waals surface area contributed by atoms with E-state index in [1.807, 2.05) is 0 Å². The highest BCUT2D eigenvalue weighted by Crippen LogP contribution is 2.24. The molecule has 1 heterocycles. The summed E-state index contributed by atoms with van der Waals surface area (Å²) in [5.41, 5.74) is 0. The Balaban J connectivity index is 1.86. The van der Waals surface area contributed by atoms with Gasteiger partial charge in [0.1, 0.15) is 6.67 Å². The fourth-order valence-electron chi connectivity index (χ4n) is 2.53. The number of nitrogens with zero attached hydrogens (tertiary/aromatic N) is 1. The molecule has 1 fully saturated rings. The van der Waals surface area contributed by atoms with Crippen LogP contribution in [0.15, 0.2) is 12.2 Å². The molecule has 2 atom stereocenters. The van der Waals surface area contributed by atoms with Crippen molar-refractivity contribution in [2.75, 3.05) is 13.2 Å². The van der Waals surface area contributed by atoms with E-state index in [2.05, 4.69) is 12.2 Å². The highest BCUT2D eigenvalue weighted by molar-refractivity contribution is 5.77. The largest absolute Gasteiger partial charge is 0.337 e. The molecular weight excluding hydrogens is 193 g/mol. The third-order valence-corrected chi connectivity index (χ3v) is 3.42. The highest BCUT2D eigenvalue weighted by atomic mass is 19.1. The lowest BCUT2D eigenvalue weighted by Gasteiger charge is -2.23. The van der Waals surface area contributed by atoms with Crippen LogP contribution in [0.2, 0.25) is 0 Å². The molecule has 1 aliphatic carbocycles. The number of amides is 1. The van der Waals surface area contributed by atoms with E-state index < -0.39 is 0 Å². The Kier molecular flexibility index (Phi) is 3.39. The summed E-state index contributed by atoms with van der Waals surface area (Å²) in [4.78, 5) is 13.6. The lowest BCUT2D eigenvalue weighted by atomic mass is 10.0. The molecule has 0 saturated carbocycles. The van der Waals surface area contributed by atoms with Crippen molar-refractivity contribution in [3.63, 3.8) is 0 Å². The van der Waals surface area contributed by atoms with Crippen LogP contribution in [0, 0.1) is 5.92 Å². The molecule has 0 aromatic heterocycles. The SMILES string of the molecule is O=C(C[C@@H]1C=CCC1)N1CCC[C@@H]1CF. The van der Waals surface area contributed by atoms with Gasteiger partial charge in [-0.2, -0.15) is 0 Å². The third-order valence-electron chi connectivity index (χ3n) is 3.42. The van der Waals surface area contributed by atoms with E-state index in [-0.39, 0.29) is 18.6 Å². The van der Waals surface area contributed by atoms with Crippen molar-refractivity contribution in [2.24, 2.45) is 5.92 Å². The maximum absolute atomic E-state index is 12.6. The van der Waals surface area contributed by atoms with E-state index in [4.69, 9.17) is 0 Å². The molecule has 0 aromatic rings. The summed E-state index contributed by atoms with van der Waals surface area (Å²) in [7, 11) is 0. The summed E-state index contributed by atoms with van der Waals surface area (Å²) in [6.45, 7) is 0.371. The van der Waals surface area contributed by atoms with Gasteiger partial charge < -0.3 is 4.90 Å². The smallest absolute Gasteiger partial charge is 0.223 e. The molecule has 3 heteroatoms. The first-order chi connectivity index (χ1) is 7.31. The molecule has 1 amide bonds. The third kappa shape index (κ3) is 2.39. The van der Waals surface area contributed by atoms with Gasteiger partial charge in [-0.1, -0.05) is 12.2 Å². The second-order valence-corrected chi connectivity index (χ2v) is 4.51. The normalized spacial score (nSPS) is 30.1. The maximum Gasteiger partial charge on any atom is 0.223 e. The summed E-state index contributed by atoms with van der Waals surface area (Å²) < 4.78 is 12.6. The van der Waals surface area contributed by atoms with Crippen LogP contribution in [0.4, 0.5) is 4.39 Å². The van der Waals surface area contributed by atoms with E-state index in [0.717, 1.165) is 32.2 Å². The molecule has 0 unspecified atom stereocenters. The molecule has 0 bridgehead atoms. The summed E-state index contributed by atoms with van der Waals surface area (Å²) in [6.07, 6.45) is 8.80. The summed E-state index contributed by atoms with van der Waals surface area (Å²) in [5, 5.41) is 0. The quantitative estimate of drug-likeness (QED) is 0.656. The van der Waals surface area contributed by atoms with E-state index >= 15 is 0 Å². The van der Waals surface area contributed by atoms with Crippen LogP contribution in [0.1, 0.15) is 32.1 Å². The molecule has 2 nitrogen and oxygen atoms in total. The number of hydrogen-bond donors (Lipinski definition) is 0. The molecule has 2 rings (SSSR count). The zero-order valence-electron chi connectivity index (χ0n) is 8.99. The fourth-order valence-corrected chi connectivity index (χ4v) is 2.53. The van der Waals surface area contributed by atoms with E-state index in [1.54, 1.807) is 4.90 Å². The lowest BCUT2D eigenvalue weighted by Crippen LogP contribution is -2.37. The number of allylic oxidation sites excluding steroid dienone is 2. The molecule has 0 N–H and O–H groups in total. The maximum atomic E-state index is 12.6. The van der Waals surface area contributed by atoms with Gasteiger partial charge in [-0.05, 0) is 31.6 Å². The van der Waals surface area contributed by atoms with Gasteiger partial charge in [0.2, 0.25) is 5.91 Å².